The fourth-order valence-electron chi connectivity index (χ4n) is 2.85. The Hall–Kier alpha value is -2.81. The van der Waals surface area contributed by atoms with Gasteiger partial charge in [0.05, 0.1) is 23.0 Å². The molecule has 0 spiro atoms. The van der Waals surface area contributed by atoms with E-state index in [0.29, 0.717) is 15.7 Å². The Balaban J connectivity index is 1.50. The number of amides is 3. The summed E-state index contributed by atoms with van der Waals surface area (Å²) >= 11 is 17.6. The number of ether oxygens (including phenoxy) is 1. The fraction of sp³-hybridized carbons (Fsp3) is 0.200. The van der Waals surface area contributed by atoms with Crippen LogP contribution in [0, 0.1) is 5.92 Å². The van der Waals surface area contributed by atoms with Crippen LogP contribution in [0.25, 0.3) is 0 Å². The van der Waals surface area contributed by atoms with Crippen LogP contribution in [0.3, 0.4) is 0 Å². The zero-order chi connectivity index (χ0) is 22.5. The Bertz CT molecular complexity index is 1050. The number of hydrogen-bond donors (Lipinski definition) is 2. The Morgan fingerprint density at radius 3 is 2.52 bits per heavy atom. The molecule has 2 aromatic carbocycles. The largest absolute Gasteiger partial charge is 0.455 e. The molecule has 0 aliphatic carbocycles. The number of carbonyl (C=O) groups excluding carboxylic acids is 4. The molecule has 3 amide bonds. The first-order valence-electron chi connectivity index (χ1n) is 9.01. The van der Waals surface area contributed by atoms with E-state index in [1.165, 1.54) is 18.2 Å². The molecule has 2 aromatic rings. The molecule has 1 aliphatic rings. The van der Waals surface area contributed by atoms with E-state index in [0.717, 1.165) is 5.01 Å². The van der Waals surface area contributed by atoms with Crippen molar-refractivity contribution in [1.82, 2.24) is 10.4 Å². The maximum absolute atomic E-state index is 12.4. The van der Waals surface area contributed by atoms with Gasteiger partial charge in [0, 0.05) is 22.2 Å². The standard InChI is InChI=1S/C20H16Cl3N3O5/c21-12-2-1-3-14(7-12)24-17(27)10-31-20(30)11-6-18(28)26(9-11)25-19(29)15-5-4-13(22)8-16(15)23/h1-5,7-8,11H,6,9-10H2,(H,24,27)(H,25,29)/t11-/m1/s1. The summed E-state index contributed by atoms with van der Waals surface area (Å²) in [5.41, 5.74) is 3.00. The molecule has 1 atom stereocenters. The Kier molecular flexibility index (Phi) is 7.37. The van der Waals surface area contributed by atoms with E-state index in [2.05, 4.69) is 10.7 Å². The molecule has 0 radical (unpaired) electrons. The van der Waals surface area contributed by atoms with Gasteiger partial charge < -0.3 is 10.1 Å². The highest BCUT2D eigenvalue weighted by Crippen LogP contribution is 2.22. The van der Waals surface area contributed by atoms with Crippen molar-refractivity contribution in [2.45, 2.75) is 6.42 Å². The molecule has 1 aliphatic heterocycles. The van der Waals surface area contributed by atoms with Crippen molar-refractivity contribution in [3.8, 4) is 0 Å². The number of esters is 1. The molecule has 0 unspecified atom stereocenters. The average molecular weight is 485 g/mol. The van der Waals surface area contributed by atoms with E-state index in [1.54, 1.807) is 24.3 Å². The molecule has 1 saturated heterocycles. The SMILES string of the molecule is O=C(COC(=O)[C@@H]1CC(=O)N(NC(=O)c2ccc(Cl)cc2Cl)C1)Nc1cccc(Cl)c1. The monoisotopic (exact) mass is 483 g/mol. The van der Waals surface area contributed by atoms with Gasteiger partial charge in [0.25, 0.3) is 11.8 Å². The number of halogens is 3. The highest BCUT2D eigenvalue weighted by atomic mass is 35.5. The number of nitrogens with zero attached hydrogens (tertiary/aromatic N) is 1. The zero-order valence-corrected chi connectivity index (χ0v) is 18.1. The second-order valence-corrected chi connectivity index (χ2v) is 7.92. The molecule has 1 fully saturated rings. The van der Waals surface area contributed by atoms with E-state index in [1.807, 2.05) is 0 Å². The van der Waals surface area contributed by atoms with Crippen LogP contribution in [0.4, 0.5) is 5.69 Å². The summed E-state index contributed by atoms with van der Waals surface area (Å²) in [6, 6.07) is 10.8. The van der Waals surface area contributed by atoms with Gasteiger partial charge >= 0.3 is 5.97 Å². The van der Waals surface area contributed by atoms with Crippen molar-refractivity contribution < 1.29 is 23.9 Å². The van der Waals surface area contributed by atoms with Crippen LogP contribution < -0.4 is 10.7 Å². The fourth-order valence-corrected chi connectivity index (χ4v) is 3.53. The van der Waals surface area contributed by atoms with Crippen LogP contribution in [0.2, 0.25) is 15.1 Å². The van der Waals surface area contributed by atoms with Gasteiger partial charge in [-0.15, -0.1) is 0 Å². The predicted octanol–water partition coefficient (Wildman–Crippen LogP) is 3.32. The van der Waals surface area contributed by atoms with Gasteiger partial charge in [-0.25, -0.2) is 0 Å². The van der Waals surface area contributed by atoms with E-state index >= 15 is 0 Å². The maximum Gasteiger partial charge on any atom is 0.311 e. The lowest BCUT2D eigenvalue weighted by atomic mass is 10.1. The van der Waals surface area contributed by atoms with E-state index < -0.39 is 36.2 Å². The molecule has 3 rings (SSSR count). The first-order chi connectivity index (χ1) is 14.7. The van der Waals surface area contributed by atoms with Gasteiger partial charge in [-0.1, -0.05) is 40.9 Å². The van der Waals surface area contributed by atoms with Crippen LogP contribution >= 0.6 is 34.8 Å². The van der Waals surface area contributed by atoms with Crippen molar-refractivity contribution in [1.29, 1.82) is 0 Å². The number of rotatable bonds is 6. The number of hydrazine groups is 1. The molecule has 8 nitrogen and oxygen atoms in total. The van der Waals surface area contributed by atoms with Crippen molar-refractivity contribution in [2.24, 2.45) is 5.92 Å². The molecule has 1 heterocycles. The second-order valence-electron chi connectivity index (χ2n) is 6.64. The van der Waals surface area contributed by atoms with Gasteiger partial charge in [0.1, 0.15) is 0 Å². The predicted molar refractivity (Wildman–Crippen MR) is 115 cm³/mol. The van der Waals surface area contributed by atoms with Crippen LogP contribution in [0.5, 0.6) is 0 Å². The summed E-state index contributed by atoms with van der Waals surface area (Å²) in [5, 5.41) is 4.49. The zero-order valence-electron chi connectivity index (χ0n) is 15.9. The molecule has 162 valence electrons. The molecule has 2 N–H and O–H groups in total. The summed E-state index contributed by atoms with van der Waals surface area (Å²) < 4.78 is 5.00. The van der Waals surface area contributed by atoms with Crippen LogP contribution in [0.1, 0.15) is 16.8 Å². The number of nitrogens with one attached hydrogen (secondary N) is 2. The van der Waals surface area contributed by atoms with Crippen LogP contribution in [-0.4, -0.2) is 41.9 Å². The van der Waals surface area contributed by atoms with Gasteiger partial charge in [-0.2, -0.15) is 0 Å². The second kappa shape index (κ2) is 10.00. The minimum absolute atomic E-state index is 0.0927. The first-order valence-corrected chi connectivity index (χ1v) is 10.1. The van der Waals surface area contributed by atoms with E-state index in [-0.39, 0.29) is 23.6 Å². The lowest BCUT2D eigenvalue weighted by molar-refractivity contribution is -0.151. The molecule has 31 heavy (non-hydrogen) atoms. The molecule has 0 saturated carbocycles. The third-order valence-corrected chi connectivity index (χ3v) is 5.11. The third kappa shape index (κ3) is 6.10. The third-order valence-electron chi connectivity index (χ3n) is 4.32. The lowest BCUT2D eigenvalue weighted by Crippen LogP contribution is -2.43. The smallest absolute Gasteiger partial charge is 0.311 e. The summed E-state index contributed by atoms with van der Waals surface area (Å²) in [6.45, 7) is -0.618. The van der Waals surface area contributed by atoms with Crippen LogP contribution in [-0.2, 0) is 19.1 Å². The van der Waals surface area contributed by atoms with Gasteiger partial charge in [0.2, 0.25) is 5.91 Å². The Morgan fingerprint density at radius 2 is 1.81 bits per heavy atom. The lowest BCUT2D eigenvalue weighted by Gasteiger charge is -2.18. The molecule has 11 heteroatoms. The summed E-state index contributed by atoms with van der Waals surface area (Å²) in [7, 11) is 0. The molecule has 0 aromatic heterocycles. The van der Waals surface area contributed by atoms with E-state index in [4.69, 9.17) is 39.5 Å². The topological polar surface area (TPSA) is 105 Å². The Morgan fingerprint density at radius 1 is 1.06 bits per heavy atom. The summed E-state index contributed by atoms with van der Waals surface area (Å²) in [4.78, 5) is 48.7. The number of anilines is 1. The van der Waals surface area contributed by atoms with Gasteiger partial charge in [0.15, 0.2) is 6.61 Å². The maximum atomic E-state index is 12.4. The average Bonchev–Trinajstić information content (AvgIpc) is 3.06. The van der Waals surface area contributed by atoms with Crippen molar-refractivity contribution in [3.63, 3.8) is 0 Å². The number of benzene rings is 2. The normalized spacial score (nSPS) is 15.5. The number of hydrogen-bond acceptors (Lipinski definition) is 5. The van der Waals surface area contributed by atoms with Crippen LogP contribution in [0.15, 0.2) is 42.5 Å². The summed E-state index contributed by atoms with van der Waals surface area (Å²) in [5.74, 6) is -3.19. The van der Waals surface area contributed by atoms with Gasteiger partial charge in [-0.3, -0.25) is 29.6 Å². The van der Waals surface area contributed by atoms with Crippen molar-refractivity contribution in [3.05, 3.63) is 63.1 Å². The van der Waals surface area contributed by atoms with E-state index in [9.17, 15) is 19.2 Å². The number of carbonyl (C=O) groups is 4. The quantitative estimate of drug-likeness (QED) is 0.612. The summed E-state index contributed by atoms with van der Waals surface area (Å²) in [6.07, 6.45) is -0.163. The first kappa shape index (κ1) is 22.9. The van der Waals surface area contributed by atoms with Crippen molar-refractivity contribution in [2.75, 3.05) is 18.5 Å². The van der Waals surface area contributed by atoms with Gasteiger partial charge in [-0.05, 0) is 36.4 Å². The highest BCUT2D eigenvalue weighted by molar-refractivity contribution is 6.36. The minimum Gasteiger partial charge on any atom is -0.455 e. The molecular weight excluding hydrogens is 469 g/mol. The molecular formula is C20H16Cl3N3O5. The molecule has 0 bridgehead atoms. The highest BCUT2D eigenvalue weighted by Gasteiger charge is 2.37. The minimum atomic E-state index is -0.826. The Labute approximate surface area is 192 Å². The van der Waals surface area contributed by atoms with Crippen molar-refractivity contribution >= 4 is 64.2 Å².